The molecular weight excluding hydrogens is 116 g/mol. The molecule has 1 atom stereocenters. The summed E-state index contributed by atoms with van der Waals surface area (Å²) in [6.07, 6.45) is -0.330. The van der Waals surface area contributed by atoms with Crippen LogP contribution in [0.3, 0.4) is 0 Å². The minimum atomic E-state index is -0.330. The van der Waals surface area contributed by atoms with Crippen molar-refractivity contribution in [3.8, 4) is 0 Å². The maximum absolute atomic E-state index is 8.74. The van der Waals surface area contributed by atoms with Crippen molar-refractivity contribution in [1.29, 1.82) is 0 Å². The Hall–Kier alpha value is -0.0800. The first-order chi connectivity index (χ1) is 4.13. The number of aliphatic hydroxyl groups is 1. The van der Waals surface area contributed by atoms with Gasteiger partial charge in [0.25, 0.3) is 0 Å². The van der Waals surface area contributed by atoms with Gasteiger partial charge in [0, 0.05) is 6.61 Å². The fraction of sp³-hybridized carbons (Fsp3) is 1.00. The molecule has 0 amide bonds. The molecule has 0 aliphatic carbocycles. The second kappa shape index (κ2) is 4.77. The van der Waals surface area contributed by atoms with Crippen LogP contribution in [0.25, 0.3) is 0 Å². The minimum absolute atomic E-state index is 0.330. The molecule has 0 aliphatic heterocycles. The Bertz CT molecular complexity index is 51.9. The van der Waals surface area contributed by atoms with Crippen molar-refractivity contribution in [3.05, 3.63) is 0 Å². The van der Waals surface area contributed by atoms with E-state index in [0.29, 0.717) is 12.5 Å². The summed E-state index contributed by atoms with van der Waals surface area (Å²) in [7, 11) is 0. The van der Waals surface area contributed by atoms with E-state index in [1.54, 1.807) is 6.92 Å². The van der Waals surface area contributed by atoms with Crippen molar-refractivity contribution in [1.82, 2.24) is 0 Å². The number of hydrogen-bond donors (Lipinski definition) is 1. The molecule has 0 aromatic heterocycles. The average molecular weight is 132 g/mol. The van der Waals surface area contributed by atoms with Gasteiger partial charge in [-0.3, -0.25) is 0 Å². The second-order valence-corrected chi connectivity index (χ2v) is 2.78. The summed E-state index contributed by atoms with van der Waals surface area (Å²) >= 11 is 0. The fourth-order valence-corrected chi connectivity index (χ4v) is 0.474. The van der Waals surface area contributed by atoms with Crippen LogP contribution in [0.1, 0.15) is 20.8 Å². The third-order valence-electron chi connectivity index (χ3n) is 0.810. The molecule has 0 heterocycles. The molecule has 1 unspecified atom stereocenters. The zero-order chi connectivity index (χ0) is 7.28. The predicted molar refractivity (Wildman–Crippen MR) is 37.3 cm³/mol. The molecule has 0 aromatic carbocycles. The van der Waals surface area contributed by atoms with E-state index in [0.717, 1.165) is 6.61 Å². The van der Waals surface area contributed by atoms with Gasteiger partial charge in [0.05, 0.1) is 12.7 Å². The van der Waals surface area contributed by atoms with E-state index < -0.39 is 0 Å². The lowest BCUT2D eigenvalue weighted by atomic mass is 10.2. The van der Waals surface area contributed by atoms with Crippen molar-refractivity contribution in [2.24, 2.45) is 5.92 Å². The van der Waals surface area contributed by atoms with E-state index in [4.69, 9.17) is 9.84 Å². The van der Waals surface area contributed by atoms with Crippen LogP contribution in [-0.4, -0.2) is 24.4 Å². The standard InChI is InChI=1S/C7H16O2/c1-6(2)4-9-5-7(3)8/h6-8H,4-5H2,1-3H3. The molecule has 56 valence electrons. The molecule has 1 N–H and O–H groups in total. The first kappa shape index (κ1) is 8.92. The van der Waals surface area contributed by atoms with Crippen LogP contribution in [0.4, 0.5) is 0 Å². The van der Waals surface area contributed by atoms with E-state index in [1.807, 2.05) is 0 Å². The van der Waals surface area contributed by atoms with Crippen molar-refractivity contribution in [2.45, 2.75) is 26.9 Å². The normalized spacial score (nSPS) is 14.3. The molecule has 0 saturated heterocycles. The van der Waals surface area contributed by atoms with Gasteiger partial charge in [-0.05, 0) is 12.8 Å². The van der Waals surface area contributed by atoms with Crippen LogP contribution in [0.2, 0.25) is 0 Å². The molecule has 0 bridgehead atoms. The Labute approximate surface area is 56.8 Å². The van der Waals surface area contributed by atoms with Crippen molar-refractivity contribution in [2.75, 3.05) is 13.2 Å². The van der Waals surface area contributed by atoms with Gasteiger partial charge in [0.15, 0.2) is 0 Å². The van der Waals surface area contributed by atoms with Gasteiger partial charge in [-0.2, -0.15) is 0 Å². The lowest BCUT2D eigenvalue weighted by Gasteiger charge is -2.07. The maximum atomic E-state index is 8.74. The Morgan fingerprint density at radius 1 is 1.22 bits per heavy atom. The highest BCUT2D eigenvalue weighted by atomic mass is 16.5. The van der Waals surface area contributed by atoms with Gasteiger partial charge in [-0.15, -0.1) is 0 Å². The van der Waals surface area contributed by atoms with Crippen molar-refractivity contribution < 1.29 is 9.84 Å². The summed E-state index contributed by atoms with van der Waals surface area (Å²) in [6.45, 7) is 7.09. The summed E-state index contributed by atoms with van der Waals surface area (Å²) in [5, 5.41) is 8.74. The summed E-state index contributed by atoms with van der Waals surface area (Å²) < 4.78 is 5.11. The van der Waals surface area contributed by atoms with Gasteiger partial charge in [0.2, 0.25) is 0 Å². The fourth-order valence-electron chi connectivity index (χ4n) is 0.474. The molecule has 2 nitrogen and oxygen atoms in total. The van der Waals surface area contributed by atoms with Crippen LogP contribution in [0.15, 0.2) is 0 Å². The van der Waals surface area contributed by atoms with Crippen LogP contribution in [0.5, 0.6) is 0 Å². The second-order valence-electron chi connectivity index (χ2n) is 2.78. The van der Waals surface area contributed by atoms with Crippen LogP contribution in [0, 0.1) is 5.92 Å². The van der Waals surface area contributed by atoms with E-state index in [-0.39, 0.29) is 6.10 Å². The van der Waals surface area contributed by atoms with E-state index in [9.17, 15) is 0 Å². The molecule has 0 aromatic rings. The van der Waals surface area contributed by atoms with Gasteiger partial charge in [-0.1, -0.05) is 13.8 Å². The highest BCUT2D eigenvalue weighted by Gasteiger charge is 1.96. The quantitative estimate of drug-likeness (QED) is 0.619. The van der Waals surface area contributed by atoms with Crippen molar-refractivity contribution in [3.63, 3.8) is 0 Å². The minimum Gasteiger partial charge on any atom is -0.391 e. The smallest absolute Gasteiger partial charge is 0.0745 e. The summed E-state index contributed by atoms with van der Waals surface area (Å²) in [4.78, 5) is 0. The number of rotatable bonds is 4. The molecule has 0 radical (unpaired) electrons. The first-order valence-electron chi connectivity index (χ1n) is 3.38. The summed E-state index contributed by atoms with van der Waals surface area (Å²) in [5.41, 5.74) is 0. The zero-order valence-corrected chi connectivity index (χ0v) is 6.42. The molecule has 0 rings (SSSR count). The lowest BCUT2D eigenvalue weighted by molar-refractivity contribution is 0.0344. The number of ether oxygens (including phenoxy) is 1. The highest BCUT2D eigenvalue weighted by molar-refractivity contribution is 4.43. The number of aliphatic hydroxyl groups excluding tert-OH is 1. The SMILES string of the molecule is CC(C)COCC(C)O. The highest BCUT2D eigenvalue weighted by Crippen LogP contribution is 1.92. The van der Waals surface area contributed by atoms with Crippen LogP contribution >= 0.6 is 0 Å². The lowest BCUT2D eigenvalue weighted by Crippen LogP contribution is -2.13. The van der Waals surface area contributed by atoms with Crippen LogP contribution in [-0.2, 0) is 4.74 Å². The topological polar surface area (TPSA) is 29.5 Å². The maximum Gasteiger partial charge on any atom is 0.0745 e. The van der Waals surface area contributed by atoms with Gasteiger partial charge in [-0.25, -0.2) is 0 Å². The molecule has 9 heavy (non-hydrogen) atoms. The third kappa shape index (κ3) is 7.92. The van der Waals surface area contributed by atoms with E-state index in [2.05, 4.69) is 13.8 Å². The molecular formula is C7H16O2. The van der Waals surface area contributed by atoms with E-state index >= 15 is 0 Å². The molecule has 2 heteroatoms. The Balaban J connectivity index is 2.91. The van der Waals surface area contributed by atoms with Gasteiger partial charge >= 0.3 is 0 Å². The summed E-state index contributed by atoms with van der Waals surface area (Å²) in [5.74, 6) is 0.559. The van der Waals surface area contributed by atoms with Gasteiger partial charge in [0.1, 0.15) is 0 Å². The van der Waals surface area contributed by atoms with Gasteiger partial charge < -0.3 is 9.84 Å². The summed E-state index contributed by atoms with van der Waals surface area (Å²) in [6, 6.07) is 0. The largest absolute Gasteiger partial charge is 0.391 e. The van der Waals surface area contributed by atoms with E-state index in [1.165, 1.54) is 0 Å². The zero-order valence-electron chi connectivity index (χ0n) is 6.42. The molecule has 0 saturated carbocycles. The monoisotopic (exact) mass is 132 g/mol. The predicted octanol–water partition coefficient (Wildman–Crippen LogP) is 1.04. The molecule has 0 fully saturated rings. The average Bonchev–Trinajstić information content (AvgIpc) is 1.63. The van der Waals surface area contributed by atoms with Crippen LogP contribution < -0.4 is 0 Å². The Kier molecular flexibility index (Phi) is 4.72. The Morgan fingerprint density at radius 2 is 1.78 bits per heavy atom. The third-order valence-corrected chi connectivity index (χ3v) is 0.810. The Morgan fingerprint density at radius 3 is 2.11 bits per heavy atom. The number of hydrogen-bond acceptors (Lipinski definition) is 2. The molecule has 0 spiro atoms. The first-order valence-corrected chi connectivity index (χ1v) is 3.38. The molecule has 0 aliphatic rings. The van der Waals surface area contributed by atoms with Crippen molar-refractivity contribution >= 4 is 0 Å².